The second-order valence-corrected chi connectivity index (χ2v) is 16.4. The maximum atomic E-state index is 13.0. The second kappa shape index (κ2) is 14.4. The van der Waals surface area contributed by atoms with E-state index in [-0.39, 0.29) is 85.4 Å². The van der Waals surface area contributed by atoms with Crippen LogP contribution in [0.5, 0.6) is 0 Å². The number of amides is 2. The number of piperidine rings is 2. The predicted octanol–water partition coefficient (Wildman–Crippen LogP) is 3.90. The van der Waals surface area contributed by atoms with Gasteiger partial charge in [0.2, 0.25) is 34.4 Å². The van der Waals surface area contributed by atoms with Crippen molar-refractivity contribution < 1.29 is 9.59 Å². The quantitative estimate of drug-likeness (QED) is 0.106. The molecule has 51 heavy (non-hydrogen) atoms. The van der Waals surface area contributed by atoms with E-state index < -0.39 is 11.8 Å². The molecule has 5 rings (SSSR count). The summed E-state index contributed by atoms with van der Waals surface area (Å²) in [4.78, 5) is 51.2. The smallest absolute Gasteiger partial charge is 0.271 e. The largest absolute Gasteiger partial charge is 0.398 e. The molecule has 2 amide bonds. The van der Waals surface area contributed by atoms with Gasteiger partial charge >= 0.3 is 0 Å². The Morgan fingerprint density at radius 1 is 0.647 bits per heavy atom. The number of rotatable bonds is 10. The van der Waals surface area contributed by atoms with Gasteiger partial charge in [0.05, 0.1) is 5.56 Å². The summed E-state index contributed by atoms with van der Waals surface area (Å²) >= 11 is 12.3. The molecule has 0 atom stereocenters. The fourth-order valence-corrected chi connectivity index (χ4v) is 7.75. The molecular weight excluding hydrogens is 697 g/mol. The van der Waals surface area contributed by atoms with E-state index in [4.69, 9.17) is 28.9 Å². The molecule has 276 valence electrons. The van der Waals surface area contributed by atoms with Crippen molar-refractivity contribution in [3.63, 3.8) is 0 Å². The Hall–Kier alpha value is -4.32. The third-order valence-corrected chi connectivity index (χ3v) is 8.74. The Morgan fingerprint density at radius 3 is 1.45 bits per heavy atom. The average molecular weight is 745 g/mol. The lowest BCUT2D eigenvalue weighted by molar-refractivity contribution is 0.0951. The first kappa shape index (κ1) is 37.9. The number of aromatic nitrogens is 6. The molecule has 19 heteroatoms. The zero-order valence-electron chi connectivity index (χ0n) is 30.0. The topological polar surface area (TPSA) is 234 Å². The fraction of sp³-hybridized carbons (Fsp3) is 0.562. The zero-order valence-corrected chi connectivity index (χ0v) is 31.6. The number of carbonyl (C=O) groups excluding carboxylic acids is 2. The summed E-state index contributed by atoms with van der Waals surface area (Å²) < 4.78 is 0. The van der Waals surface area contributed by atoms with Gasteiger partial charge in [0.15, 0.2) is 0 Å². The number of hydrogen-bond donors (Lipinski definition) is 9. The normalized spacial score (nSPS) is 19.4. The van der Waals surface area contributed by atoms with Crippen molar-refractivity contribution in [3.05, 3.63) is 39.9 Å². The summed E-state index contributed by atoms with van der Waals surface area (Å²) in [6.45, 7) is 17.2. The lowest BCUT2D eigenvalue weighted by atomic mass is 9.79. The van der Waals surface area contributed by atoms with E-state index in [0.29, 0.717) is 0 Å². The highest BCUT2D eigenvalue weighted by Gasteiger charge is 2.39. The van der Waals surface area contributed by atoms with E-state index in [2.05, 4.69) is 128 Å². The van der Waals surface area contributed by atoms with Gasteiger partial charge in [-0.3, -0.25) is 31.3 Å². The highest BCUT2D eigenvalue weighted by atomic mass is 35.5. The molecular formula is C32H47Cl2N15O2. The number of nitrogens with zero attached hydrogens (tertiary/aromatic N) is 6. The lowest BCUT2D eigenvalue weighted by Gasteiger charge is -2.46. The summed E-state index contributed by atoms with van der Waals surface area (Å²) in [5.41, 5.74) is 16.5. The van der Waals surface area contributed by atoms with Crippen molar-refractivity contribution in [2.24, 2.45) is 0 Å². The van der Waals surface area contributed by atoms with Crippen LogP contribution in [-0.2, 0) is 0 Å². The number of hydrogen-bond acceptors (Lipinski definition) is 15. The van der Waals surface area contributed by atoms with Crippen LogP contribution in [0.3, 0.4) is 0 Å². The van der Waals surface area contributed by atoms with Gasteiger partial charge in [-0.15, -0.1) is 0 Å². The van der Waals surface area contributed by atoms with Crippen molar-refractivity contribution in [1.82, 2.24) is 51.4 Å². The molecule has 2 aliphatic heterocycles. The molecule has 1 aromatic carbocycles. The van der Waals surface area contributed by atoms with Crippen LogP contribution in [0.25, 0.3) is 0 Å². The number of nitrogen functional groups attached to an aromatic ring is 1. The molecule has 0 saturated carbocycles. The number of halogens is 2. The molecule has 4 heterocycles. The molecule has 10 N–H and O–H groups in total. The highest BCUT2D eigenvalue weighted by Crippen LogP contribution is 2.31. The lowest BCUT2D eigenvalue weighted by Crippen LogP contribution is -2.60. The Balaban J connectivity index is 1.16. The van der Waals surface area contributed by atoms with Gasteiger partial charge < -0.3 is 27.0 Å². The molecule has 2 aromatic heterocycles. The van der Waals surface area contributed by atoms with Crippen molar-refractivity contribution in [2.75, 3.05) is 27.2 Å². The number of hydrazine groups is 2. The molecule has 0 radical (unpaired) electrons. The van der Waals surface area contributed by atoms with Gasteiger partial charge in [-0.1, -0.05) is 0 Å². The van der Waals surface area contributed by atoms with Crippen LogP contribution < -0.4 is 48.7 Å². The third-order valence-electron chi connectivity index (χ3n) is 8.40. The maximum Gasteiger partial charge on any atom is 0.271 e. The molecule has 0 aliphatic carbocycles. The minimum atomic E-state index is -0.592. The number of carbonyl (C=O) groups is 2. The van der Waals surface area contributed by atoms with E-state index in [9.17, 15) is 9.59 Å². The van der Waals surface area contributed by atoms with Crippen molar-refractivity contribution in [3.8, 4) is 0 Å². The standard InChI is InChI=1S/C32H47Cl2N15O2/c1-29(2)12-17(13-30(3,4)48-29)36-25-38-23(33)40-27(42-25)46-44-21(50)16-9-10-19(20(35)11-16)22(51)45-47-28-41-24(34)39-26(43-28)37-18-14-31(5,6)49-32(7,8)15-18/h9-11,17-18,48-49H,12-15,35H2,1-8H3,(H,44,50)(H,45,51)(H2,36,38,40,42,46)(H2,37,39,41,43,47). The molecule has 17 nitrogen and oxygen atoms in total. The van der Waals surface area contributed by atoms with Gasteiger partial charge in [0, 0.05) is 45.5 Å². The van der Waals surface area contributed by atoms with Gasteiger partial charge in [0.25, 0.3) is 11.8 Å². The molecule has 0 unspecified atom stereocenters. The van der Waals surface area contributed by atoms with Crippen molar-refractivity contribution >= 4 is 64.5 Å². The van der Waals surface area contributed by atoms with E-state index in [1.54, 1.807) is 0 Å². The number of nitrogens with one attached hydrogen (secondary N) is 8. The van der Waals surface area contributed by atoms with E-state index in [1.165, 1.54) is 18.2 Å². The van der Waals surface area contributed by atoms with Gasteiger partial charge in [0.1, 0.15) is 0 Å². The third kappa shape index (κ3) is 10.6. The molecule has 0 spiro atoms. The summed E-state index contributed by atoms with van der Waals surface area (Å²) in [7, 11) is 0. The van der Waals surface area contributed by atoms with Crippen LogP contribution in [-0.4, -0.2) is 76.0 Å². The van der Waals surface area contributed by atoms with Crippen molar-refractivity contribution in [2.45, 2.75) is 115 Å². The molecule has 2 aliphatic rings. The van der Waals surface area contributed by atoms with Gasteiger partial charge in [-0.2, -0.15) is 29.9 Å². The van der Waals surface area contributed by atoms with E-state index >= 15 is 0 Å². The molecule has 2 saturated heterocycles. The van der Waals surface area contributed by atoms with Gasteiger partial charge in [-0.25, -0.2) is 0 Å². The molecule has 0 bridgehead atoms. The second-order valence-electron chi connectivity index (χ2n) is 15.7. The maximum absolute atomic E-state index is 13.0. The molecule has 2 fully saturated rings. The van der Waals surface area contributed by atoms with Crippen molar-refractivity contribution in [1.29, 1.82) is 0 Å². The summed E-state index contributed by atoms with van der Waals surface area (Å²) in [6, 6.07) is 4.39. The summed E-state index contributed by atoms with van der Waals surface area (Å²) in [6.07, 6.45) is 3.35. The van der Waals surface area contributed by atoms with Gasteiger partial charge in [-0.05, 0) is 122 Å². The number of benzene rings is 1. The summed E-state index contributed by atoms with van der Waals surface area (Å²) in [5, 5.41) is 13.9. The summed E-state index contributed by atoms with van der Waals surface area (Å²) in [5.74, 6) is -0.533. The Kier molecular flexibility index (Phi) is 10.7. The number of nitrogens with two attached hydrogens (primary N) is 1. The SMILES string of the molecule is CC1(C)CC(Nc2nc(Cl)nc(NNC(=O)c3ccc(C(=O)NNc4nc(Cl)nc(NC5CC(C)(C)NC(C)(C)C5)n4)c(N)c3)n2)CC(C)(C)N1. The van der Waals surface area contributed by atoms with E-state index in [0.717, 1.165) is 25.7 Å². The van der Waals surface area contributed by atoms with Crippen LogP contribution in [0.2, 0.25) is 10.6 Å². The predicted molar refractivity (Wildman–Crippen MR) is 199 cm³/mol. The van der Waals surface area contributed by atoms with Crippen LogP contribution in [0.1, 0.15) is 102 Å². The average Bonchev–Trinajstić information content (AvgIpc) is 2.94. The number of anilines is 5. The zero-order chi connectivity index (χ0) is 37.4. The Labute approximate surface area is 307 Å². The van der Waals surface area contributed by atoms with Crippen LogP contribution in [0.4, 0.5) is 29.5 Å². The van der Waals surface area contributed by atoms with Crippen LogP contribution in [0.15, 0.2) is 18.2 Å². The monoisotopic (exact) mass is 743 g/mol. The minimum absolute atomic E-state index is 0.0270. The Morgan fingerprint density at radius 2 is 1.04 bits per heavy atom. The molecule has 3 aromatic rings. The van der Waals surface area contributed by atoms with E-state index in [1.807, 2.05) is 0 Å². The fourth-order valence-electron chi connectivity index (χ4n) is 7.43. The first-order chi connectivity index (χ1) is 23.6. The first-order valence-electron chi connectivity index (χ1n) is 16.6. The minimum Gasteiger partial charge on any atom is -0.398 e. The highest BCUT2D eigenvalue weighted by molar-refractivity contribution is 6.28. The van der Waals surface area contributed by atoms with Crippen LogP contribution in [0, 0.1) is 0 Å². The van der Waals surface area contributed by atoms with Crippen LogP contribution >= 0.6 is 23.2 Å². The Bertz CT molecular complexity index is 1750. The first-order valence-corrected chi connectivity index (χ1v) is 17.4.